The molecule has 1 aliphatic rings. The lowest BCUT2D eigenvalue weighted by Crippen LogP contribution is -2.32. The van der Waals surface area contributed by atoms with Gasteiger partial charge in [0, 0.05) is 18.0 Å². The monoisotopic (exact) mass is 309 g/mol. The van der Waals surface area contributed by atoms with Crippen molar-refractivity contribution in [3.8, 4) is 0 Å². The fourth-order valence-corrected chi connectivity index (χ4v) is 3.02. The van der Waals surface area contributed by atoms with Gasteiger partial charge in [-0.15, -0.1) is 0 Å². The van der Waals surface area contributed by atoms with Gasteiger partial charge in [0.25, 0.3) is 0 Å². The minimum Gasteiger partial charge on any atom is -0.393 e. The van der Waals surface area contributed by atoms with Crippen LogP contribution < -0.4 is 5.32 Å². The van der Waals surface area contributed by atoms with E-state index in [-0.39, 0.29) is 12.0 Å². The number of hydrogen-bond donors (Lipinski definition) is 2. The fraction of sp³-hybridized carbons (Fsp3) is 0.588. The number of rotatable bonds is 6. The van der Waals surface area contributed by atoms with Crippen molar-refractivity contribution in [3.05, 3.63) is 34.9 Å². The number of hydrogen-bond acceptors (Lipinski definition) is 2. The largest absolute Gasteiger partial charge is 0.393 e. The molecule has 1 aromatic carbocycles. The van der Waals surface area contributed by atoms with Gasteiger partial charge >= 0.3 is 0 Å². The molecule has 21 heavy (non-hydrogen) atoms. The Morgan fingerprint density at radius 1 is 1.29 bits per heavy atom. The Hall–Kier alpha value is -1.06. The molecule has 3 nitrogen and oxygen atoms in total. The van der Waals surface area contributed by atoms with E-state index in [0.717, 1.165) is 43.5 Å². The molecule has 0 spiro atoms. The van der Waals surface area contributed by atoms with Gasteiger partial charge in [0.05, 0.1) is 6.10 Å². The van der Waals surface area contributed by atoms with Gasteiger partial charge in [0.15, 0.2) is 0 Å². The first kappa shape index (κ1) is 16.3. The lowest BCUT2D eigenvalue weighted by molar-refractivity contribution is -0.121. The molecule has 2 rings (SSSR count). The molecule has 4 heteroatoms. The van der Waals surface area contributed by atoms with Crippen molar-refractivity contribution in [2.24, 2.45) is 5.92 Å². The van der Waals surface area contributed by atoms with E-state index in [1.54, 1.807) is 0 Å². The predicted octanol–water partition coefficient (Wildman–Crippen LogP) is 3.33. The second-order valence-corrected chi connectivity index (χ2v) is 6.41. The molecule has 0 aliphatic heterocycles. The van der Waals surface area contributed by atoms with Crippen molar-refractivity contribution in [2.45, 2.75) is 51.0 Å². The maximum Gasteiger partial charge on any atom is 0.220 e. The number of amides is 1. The van der Waals surface area contributed by atoms with Crippen LogP contribution in [0.25, 0.3) is 0 Å². The maximum absolute atomic E-state index is 11.8. The van der Waals surface area contributed by atoms with Crippen LogP contribution in [0.5, 0.6) is 0 Å². The second-order valence-electron chi connectivity index (χ2n) is 5.97. The van der Waals surface area contributed by atoms with E-state index in [1.807, 2.05) is 24.3 Å². The van der Waals surface area contributed by atoms with Crippen LogP contribution in [0.15, 0.2) is 24.3 Å². The first-order chi connectivity index (χ1) is 10.1. The van der Waals surface area contributed by atoms with Crippen LogP contribution >= 0.6 is 11.6 Å². The van der Waals surface area contributed by atoms with Gasteiger partial charge < -0.3 is 10.4 Å². The third kappa shape index (κ3) is 6.06. The number of nitrogens with one attached hydrogen (secondary N) is 1. The zero-order valence-corrected chi connectivity index (χ0v) is 13.1. The van der Waals surface area contributed by atoms with Gasteiger partial charge in [-0.2, -0.15) is 0 Å². The summed E-state index contributed by atoms with van der Waals surface area (Å²) in [4.78, 5) is 11.8. The molecule has 116 valence electrons. The van der Waals surface area contributed by atoms with Gasteiger partial charge in [-0.1, -0.05) is 30.2 Å². The highest BCUT2D eigenvalue weighted by atomic mass is 35.5. The average molecular weight is 310 g/mol. The van der Waals surface area contributed by atoms with Crippen molar-refractivity contribution in [3.63, 3.8) is 0 Å². The molecule has 1 amide bonds. The van der Waals surface area contributed by atoms with Crippen molar-refractivity contribution < 1.29 is 9.90 Å². The van der Waals surface area contributed by atoms with Crippen LogP contribution in [0.2, 0.25) is 5.02 Å². The quantitative estimate of drug-likeness (QED) is 0.847. The third-order valence-electron chi connectivity index (χ3n) is 4.13. The smallest absolute Gasteiger partial charge is 0.220 e. The zero-order valence-electron chi connectivity index (χ0n) is 12.4. The van der Waals surface area contributed by atoms with Crippen molar-refractivity contribution in [1.82, 2.24) is 5.32 Å². The third-order valence-corrected chi connectivity index (χ3v) is 4.38. The Morgan fingerprint density at radius 2 is 2.05 bits per heavy atom. The minimum absolute atomic E-state index is 0.115. The van der Waals surface area contributed by atoms with E-state index in [1.165, 1.54) is 5.56 Å². The first-order valence-electron chi connectivity index (χ1n) is 7.82. The Labute approximate surface area is 131 Å². The van der Waals surface area contributed by atoms with E-state index >= 15 is 0 Å². The van der Waals surface area contributed by atoms with Crippen LogP contribution in [-0.2, 0) is 11.2 Å². The predicted molar refractivity (Wildman–Crippen MR) is 85.4 cm³/mol. The summed E-state index contributed by atoms with van der Waals surface area (Å²) in [5.74, 6) is 0.554. The van der Waals surface area contributed by atoms with Gasteiger partial charge in [-0.05, 0) is 55.7 Å². The summed E-state index contributed by atoms with van der Waals surface area (Å²) in [5.41, 5.74) is 1.21. The number of carbonyl (C=O) groups is 1. The molecular weight excluding hydrogens is 286 g/mol. The van der Waals surface area contributed by atoms with Gasteiger partial charge in [-0.25, -0.2) is 0 Å². The number of aliphatic hydroxyl groups is 1. The molecule has 1 saturated carbocycles. The second kappa shape index (κ2) is 8.40. The number of carbonyl (C=O) groups excluding carboxylic acids is 1. The molecule has 1 aromatic rings. The molecule has 2 unspecified atom stereocenters. The Kier molecular flexibility index (Phi) is 6.52. The topological polar surface area (TPSA) is 49.3 Å². The number of aliphatic hydroxyl groups excluding tert-OH is 1. The normalized spacial score (nSPS) is 22.0. The summed E-state index contributed by atoms with van der Waals surface area (Å²) >= 11 is 5.84. The molecule has 2 atom stereocenters. The highest BCUT2D eigenvalue weighted by molar-refractivity contribution is 6.30. The van der Waals surface area contributed by atoms with Gasteiger partial charge in [0.2, 0.25) is 5.91 Å². The fourth-order valence-electron chi connectivity index (χ4n) is 2.90. The van der Waals surface area contributed by atoms with Crippen molar-refractivity contribution in [2.75, 3.05) is 6.54 Å². The summed E-state index contributed by atoms with van der Waals surface area (Å²) in [6.07, 6.45) is 6.04. The van der Waals surface area contributed by atoms with Gasteiger partial charge in [-0.3, -0.25) is 4.79 Å². The summed E-state index contributed by atoms with van der Waals surface area (Å²) in [6.45, 7) is 0.705. The molecule has 1 aliphatic carbocycles. The van der Waals surface area contributed by atoms with E-state index in [0.29, 0.717) is 18.9 Å². The number of halogens is 1. The van der Waals surface area contributed by atoms with Crippen molar-refractivity contribution >= 4 is 17.5 Å². The average Bonchev–Trinajstić information content (AvgIpc) is 2.47. The summed E-state index contributed by atoms with van der Waals surface area (Å²) in [5, 5.41) is 13.3. The zero-order chi connectivity index (χ0) is 15.1. The highest BCUT2D eigenvalue weighted by Gasteiger charge is 2.20. The lowest BCUT2D eigenvalue weighted by Gasteiger charge is -2.25. The standard InChI is InChI=1S/C17H24ClNO2/c18-15-9-7-13(8-10-15)3-2-6-17(21)19-12-14-4-1-5-16(20)11-14/h7-10,14,16,20H,1-6,11-12H2,(H,19,21). The number of benzene rings is 1. The summed E-state index contributed by atoms with van der Waals surface area (Å²) in [6, 6.07) is 7.77. The van der Waals surface area contributed by atoms with E-state index in [2.05, 4.69) is 5.32 Å². The lowest BCUT2D eigenvalue weighted by atomic mass is 9.87. The Bertz CT molecular complexity index is 447. The van der Waals surface area contributed by atoms with Crippen LogP contribution in [0.4, 0.5) is 0 Å². The SMILES string of the molecule is O=C(CCCc1ccc(Cl)cc1)NCC1CCCC(O)C1. The first-order valence-corrected chi connectivity index (χ1v) is 8.20. The van der Waals surface area contributed by atoms with Crippen LogP contribution in [0.3, 0.4) is 0 Å². The van der Waals surface area contributed by atoms with E-state index < -0.39 is 0 Å². The summed E-state index contributed by atoms with van der Waals surface area (Å²) < 4.78 is 0. The molecular formula is C17H24ClNO2. The van der Waals surface area contributed by atoms with Crippen LogP contribution in [-0.4, -0.2) is 23.7 Å². The molecule has 0 bridgehead atoms. The molecule has 0 heterocycles. The maximum atomic E-state index is 11.8. The highest BCUT2D eigenvalue weighted by Crippen LogP contribution is 2.23. The van der Waals surface area contributed by atoms with E-state index in [4.69, 9.17) is 11.6 Å². The van der Waals surface area contributed by atoms with E-state index in [9.17, 15) is 9.90 Å². The molecule has 1 fully saturated rings. The molecule has 0 radical (unpaired) electrons. The molecule has 0 aromatic heterocycles. The molecule has 2 N–H and O–H groups in total. The van der Waals surface area contributed by atoms with Gasteiger partial charge in [0.1, 0.15) is 0 Å². The Balaban J connectivity index is 1.60. The molecule has 0 saturated heterocycles. The summed E-state index contributed by atoms with van der Waals surface area (Å²) in [7, 11) is 0. The Morgan fingerprint density at radius 3 is 2.76 bits per heavy atom. The minimum atomic E-state index is -0.175. The van der Waals surface area contributed by atoms with Crippen LogP contribution in [0, 0.1) is 5.92 Å². The van der Waals surface area contributed by atoms with Crippen LogP contribution in [0.1, 0.15) is 44.1 Å². The van der Waals surface area contributed by atoms with Crippen molar-refractivity contribution in [1.29, 1.82) is 0 Å². The number of aryl methyl sites for hydroxylation is 1.